The van der Waals surface area contributed by atoms with Crippen LogP contribution in [0.25, 0.3) is 5.52 Å². The predicted molar refractivity (Wildman–Crippen MR) is 93.7 cm³/mol. The number of hydrogen-bond donors (Lipinski definition) is 0. The molecule has 1 atom stereocenters. The summed E-state index contributed by atoms with van der Waals surface area (Å²) in [4.78, 5) is 23.1. The third-order valence-corrected chi connectivity index (χ3v) is 4.45. The van der Waals surface area contributed by atoms with Gasteiger partial charge in [0.2, 0.25) is 5.88 Å². The first kappa shape index (κ1) is 15.6. The molecule has 128 valence electrons. The molecule has 0 saturated carbocycles. The van der Waals surface area contributed by atoms with Gasteiger partial charge in [-0.15, -0.1) is 0 Å². The van der Waals surface area contributed by atoms with E-state index in [0.717, 1.165) is 24.9 Å². The van der Waals surface area contributed by atoms with Crippen molar-refractivity contribution in [2.45, 2.75) is 25.9 Å². The molecule has 1 saturated heterocycles. The number of nitrogens with zero attached hydrogens (tertiary/aromatic N) is 4. The minimum Gasteiger partial charge on any atom is -0.472 e. The fourth-order valence-electron chi connectivity index (χ4n) is 3.24. The molecule has 1 fully saturated rings. The highest BCUT2D eigenvalue weighted by molar-refractivity contribution is 5.95. The van der Waals surface area contributed by atoms with Gasteiger partial charge in [-0.25, -0.2) is 4.98 Å². The number of carbonyl (C=O) groups is 1. The van der Waals surface area contributed by atoms with Crippen LogP contribution in [0.5, 0.6) is 5.88 Å². The Balaban J connectivity index is 1.47. The summed E-state index contributed by atoms with van der Waals surface area (Å²) in [5, 5.41) is 0. The number of carbonyl (C=O) groups excluding carboxylic acids is 1. The van der Waals surface area contributed by atoms with Gasteiger partial charge in [0.05, 0.1) is 12.1 Å². The third-order valence-electron chi connectivity index (χ3n) is 4.45. The third kappa shape index (κ3) is 3.33. The van der Waals surface area contributed by atoms with Crippen molar-refractivity contribution >= 4 is 11.4 Å². The molecule has 0 bridgehead atoms. The van der Waals surface area contributed by atoms with Gasteiger partial charge in [0.25, 0.3) is 5.91 Å². The Morgan fingerprint density at radius 2 is 2.24 bits per heavy atom. The van der Waals surface area contributed by atoms with Crippen LogP contribution >= 0.6 is 0 Å². The molecule has 0 aromatic carbocycles. The Labute approximate surface area is 146 Å². The lowest BCUT2D eigenvalue weighted by atomic mass is 10.1. The minimum atomic E-state index is -0.0379. The van der Waals surface area contributed by atoms with Crippen LogP contribution < -0.4 is 4.74 Å². The summed E-state index contributed by atoms with van der Waals surface area (Å²) < 4.78 is 7.93. The molecule has 0 spiro atoms. The molecule has 25 heavy (non-hydrogen) atoms. The first-order chi connectivity index (χ1) is 12.2. The second-order valence-electron chi connectivity index (χ2n) is 6.34. The molecule has 4 rings (SSSR count). The van der Waals surface area contributed by atoms with E-state index in [1.807, 2.05) is 52.9 Å². The van der Waals surface area contributed by atoms with Crippen molar-refractivity contribution in [2.24, 2.45) is 0 Å². The van der Waals surface area contributed by atoms with Crippen molar-refractivity contribution in [1.82, 2.24) is 19.3 Å². The van der Waals surface area contributed by atoms with E-state index in [-0.39, 0.29) is 12.0 Å². The monoisotopic (exact) mass is 336 g/mol. The molecule has 3 aromatic heterocycles. The van der Waals surface area contributed by atoms with Crippen molar-refractivity contribution in [3.8, 4) is 5.88 Å². The number of likely N-dealkylation sites (tertiary alicyclic amines) is 1. The zero-order chi connectivity index (χ0) is 17.2. The first-order valence-electron chi connectivity index (χ1n) is 8.51. The molecule has 1 amide bonds. The van der Waals surface area contributed by atoms with Gasteiger partial charge in [-0.2, -0.15) is 4.98 Å². The molecule has 3 aromatic rings. The Morgan fingerprint density at radius 1 is 1.32 bits per heavy atom. The van der Waals surface area contributed by atoms with Crippen LogP contribution in [0.3, 0.4) is 0 Å². The van der Waals surface area contributed by atoms with E-state index < -0.39 is 0 Å². The van der Waals surface area contributed by atoms with Crippen LogP contribution in [-0.2, 0) is 0 Å². The van der Waals surface area contributed by atoms with E-state index in [0.29, 0.717) is 23.8 Å². The van der Waals surface area contributed by atoms with E-state index in [1.165, 1.54) is 0 Å². The lowest BCUT2D eigenvalue weighted by Gasteiger charge is -2.32. The van der Waals surface area contributed by atoms with Gasteiger partial charge in [0.1, 0.15) is 11.9 Å². The van der Waals surface area contributed by atoms with E-state index >= 15 is 0 Å². The Morgan fingerprint density at radius 3 is 3.08 bits per heavy atom. The second-order valence-corrected chi connectivity index (χ2v) is 6.34. The number of rotatable bonds is 3. The molecule has 6 heteroatoms. The summed E-state index contributed by atoms with van der Waals surface area (Å²) >= 11 is 0. The predicted octanol–water partition coefficient (Wildman–Crippen LogP) is 2.72. The summed E-state index contributed by atoms with van der Waals surface area (Å²) in [7, 11) is 0. The van der Waals surface area contributed by atoms with Crippen molar-refractivity contribution in [3.63, 3.8) is 0 Å². The van der Waals surface area contributed by atoms with E-state index in [2.05, 4.69) is 9.97 Å². The number of pyridine rings is 1. The van der Waals surface area contributed by atoms with Crippen molar-refractivity contribution in [3.05, 3.63) is 60.3 Å². The van der Waals surface area contributed by atoms with Crippen LogP contribution in [0.4, 0.5) is 0 Å². The lowest BCUT2D eigenvalue weighted by molar-refractivity contribution is 0.0527. The summed E-state index contributed by atoms with van der Waals surface area (Å²) in [6.07, 6.45) is 7.33. The first-order valence-corrected chi connectivity index (χ1v) is 8.51. The standard InChI is InChI=1S/C19H20N4O2/c1-14-20-8-7-18(21-14)25-17-6-4-10-23(13-17)19(24)15-11-16-5-2-3-9-22(16)12-15/h2-3,5,7-9,11-12,17H,4,6,10,13H2,1H3. The molecule has 6 nitrogen and oxygen atoms in total. The zero-order valence-corrected chi connectivity index (χ0v) is 14.1. The average molecular weight is 336 g/mol. The van der Waals surface area contributed by atoms with Crippen LogP contribution in [-0.4, -0.2) is 44.4 Å². The van der Waals surface area contributed by atoms with Crippen LogP contribution in [0.1, 0.15) is 29.0 Å². The molecule has 0 N–H and O–H groups in total. The van der Waals surface area contributed by atoms with Gasteiger partial charge in [-0.1, -0.05) is 6.07 Å². The maximum absolute atomic E-state index is 12.9. The highest BCUT2D eigenvalue weighted by Crippen LogP contribution is 2.19. The van der Waals surface area contributed by atoms with E-state index in [9.17, 15) is 4.79 Å². The zero-order valence-electron chi connectivity index (χ0n) is 14.1. The maximum Gasteiger partial charge on any atom is 0.255 e. The van der Waals surface area contributed by atoms with Crippen LogP contribution in [0, 0.1) is 6.92 Å². The quantitative estimate of drug-likeness (QED) is 0.738. The van der Waals surface area contributed by atoms with E-state index in [4.69, 9.17) is 4.74 Å². The Bertz CT molecular complexity index is 872. The smallest absolute Gasteiger partial charge is 0.255 e. The molecular formula is C19H20N4O2. The number of piperidine rings is 1. The Hall–Kier alpha value is -2.89. The number of amides is 1. The summed E-state index contributed by atoms with van der Waals surface area (Å²) in [6, 6.07) is 9.61. The number of aryl methyl sites for hydroxylation is 1. The van der Waals surface area contributed by atoms with Gasteiger partial charge in [-0.3, -0.25) is 4.79 Å². The van der Waals surface area contributed by atoms with Crippen LogP contribution in [0.2, 0.25) is 0 Å². The highest BCUT2D eigenvalue weighted by atomic mass is 16.5. The lowest BCUT2D eigenvalue weighted by Crippen LogP contribution is -2.44. The topological polar surface area (TPSA) is 59.7 Å². The van der Waals surface area contributed by atoms with Gasteiger partial charge in [-0.05, 0) is 38.0 Å². The minimum absolute atomic E-state index is 0.0379. The fourth-order valence-corrected chi connectivity index (χ4v) is 3.24. The number of hydrogen-bond acceptors (Lipinski definition) is 4. The number of ether oxygens (including phenoxy) is 1. The molecule has 1 unspecified atom stereocenters. The average Bonchev–Trinajstić information content (AvgIpc) is 3.05. The van der Waals surface area contributed by atoms with Crippen molar-refractivity contribution < 1.29 is 9.53 Å². The fraction of sp³-hybridized carbons (Fsp3) is 0.316. The maximum atomic E-state index is 12.9. The Kier molecular flexibility index (Phi) is 4.09. The van der Waals surface area contributed by atoms with Crippen LogP contribution in [0.15, 0.2) is 48.9 Å². The van der Waals surface area contributed by atoms with Gasteiger partial charge >= 0.3 is 0 Å². The van der Waals surface area contributed by atoms with Gasteiger partial charge in [0, 0.05) is 36.7 Å². The number of fused-ring (bicyclic) bond motifs is 1. The van der Waals surface area contributed by atoms with Gasteiger partial charge in [0.15, 0.2) is 0 Å². The normalized spacial score (nSPS) is 17.6. The summed E-state index contributed by atoms with van der Waals surface area (Å²) in [6.45, 7) is 3.17. The molecular weight excluding hydrogens is 316 g/mol. The molecule has 1 aliphatic rings. The highest BCUT2D eigenvalue weighted by Gasteiger charge is 2.26. The largest absolute Gasteiger partial charge is 0.472 e. The van der Waals surface area contributed by atoms with Crippen molar-refractivity contribution in [1.29, 1.82) is 0 Å². The molecule has 1 aliphatic heterocycles. The molecule has 0 aliphatic carbocycles. The summed E-state index contributed by atoms with van der Waals surface area (Å²) in [5.74, 6) is 1.30. The molecule has 0 radical (unpaired) electrons. The van der Waals surface area contributed by atoms with Crippen molar-refractivity contribution in [2.75, 3.05) is 13.1 Å². The SMILES string of the molecule is Cc1nccc(OC2CCCN(C(=O)c3cc4ccccn4c3)C2)n1. The molecule has 4 heterocycles. The summed E-state index contributed by atoms with van der Waals surface area (Å²) in [5.41, 5.74) is 1.73. The van der Waals surface area contributed by atoms with E-state index in [1.54, 1.807) is 12.3 Å². The number of aromatic nitrogens is 3. The second kappa shape index (κ2) is 6.55. The van der Waals surface area contributed by atoms with Gasteiger partial charge < -0.3 is 14.0 Å².